The maximum absolute atomic E-state index is 12.1. The van der Waals surface area contributed by atoms with E-state index in [0.717, 1.165) is 31.0 Å². The van der Waals surface area contributed by atoms with Gasteiger partial charge in [0, 0.05) is 44.8 Å². The first kappa shape index (κ1) is 21.2. The molecule has 150 valence electrons. The topological polar surface area (TPSA) is 68.8 Å². The molecular weight excluding hydrogens is 338 g/mol. The van der Waals surface area contributed by atoms with E-state index in [0.29, 0.717) is 24.7 Å². The van der Waals surface area contributed by atoms with Crippen LogP contribution in [0.1, 0.15) is 48.5 Å². The highest BCUT2D eigenvalue weighted by molar-refractivity contribution is 5.94. The second-order valence-corrected chi connectivity index (χ2v) is 7.29. The number of aliphatic imine (C=N–C) groups is 1. The van der Waals surface area contributed by atoms with E-state index in [9.17, 15) is 4.79 Å². The van der Waals surface area contributed by atoms with Crippen LogP contribution in [0.25, 0.3) is 0 Å². The van der Waals surface area contributed by atoms with E-state index in [-0.39, 0.29) is 5.91 Å². The van der Waals surface area contributed by atoms with Gasteiger partial charge in [0.15, 0.2) is 5.96 Å². The van der Waals surface area contributed by atoms with Crippen LogP contribution in [-0.4, -0.2) is 62.6 Å². The van der Waals surface area contributed by atoms with E-state index in [1.807, 2.05) is 31.2 Å². The molecule has 6 heteroatoms. The van der Waals surface area contributed by atoms with Crippen molar-refractivity contribution >= 4 is 11.9 Å². The molecule has 1 atom stereocenters. The van der Waals surface area contributed by atoms with Crippen LogP contribution in [-0.2, 0) is 0 Å². The van der Waals surface area contributed by atoms with E-state index < -0.39 is 0 Å². The molecule has 1 heterocycles. The number of rotatable bonds is 8. The number of amides is 1. The number of carbonyl (C=O) groups excluding carboxylic acids is 1. The van der Waals surface area contributed by atoms with Crippen LogP contribution in [0.15, 0.2) is 29.3 Å². The fraction of sp³-hybridized carbons (Fsp3) is 0.619. The van der Waals surface area contributed by atoms with E-state index >= 15 is 0 Å². The monoisotopic (exact) mass is 373 g/mol. The van der Waals surface area contributed by atoms with Gasteiger partial charge in [-0.1, -0.05) is 24.1 Å². The summed E-state index contributed by atoms with van der Waals surface area (Å²) in [6.07, 6.45) is 5.13. The molecule has 1 unspecified atom stereocenters. The van der Waals surface area contributed by atoms with Crippen molar-refractivity contribution in [1.29, 1.82) is 0 Å². The Morgan fingerprint density at radius 2 is 1.96 bits per heavy atom. The van der Waals surface area contributed by atoms with Crippen molar-refractivity contribution in [3.8, 4) is 0 Å². The van der Waals surface area contributed by atoms with Gasteiger partial charge >= 0.3 is 0 Å². The molecule has 1 aliphatic rings. The molecule has 1 fully saturated rings. The third kappa shape index (κ3) is 7.59. The van der Waals surface area contributed by atoms with E-state index in [2.05, 4.69) is 32.8 Å². The third-order valence-electron chi connectivity index (χ3n) is 5.06. The van der Waals surface area contributed by atoms with Gasteiger partial charge in [-0.2, -0.15) is 0 Å². The fourth-order valence-corrected chi connectivity index (χ4v) is 3.44. The van der Waals surface area contributed by atoms with E-state index in [4.69, 9.17) is 0 Å². The van der Waals surface area contributed by atoms with Crippen molar-refractivity contribution in [3.05, 3.63) is 35.4 Å². The molecule has 1 saturated heterocycles. The highest BCUT2D eigenvalue weighted by Crippen LogP contribution is 2.15. The average molecular weight is 374 g/mol. The Balaban J connectivity index is 1.58. The van der Waals surface area contributed by atoms with Crippen molar-refractivity contribution in [2.45, 2.75) is 45.6 Å². The molecule has 27 heavy (non-hydrogen) atoms. The first-order valence-corrected chi connectivity index (χ1v) is 10.1. The van der Waals surface area contributed by atoms with Crippen molar-refractivity contribution in [2.75, 3.05) is 39.8 Å². The molecule has 1 aliphatic heterocycles. The number of nitrogens with one attached hydrogen (secondary N) is 3. The number of hydrogen-bond acceptors (Lipinski definition) is 3. The minimum atomic E-state index is -0.0425. The van der Waals surface area contributed by atoms with Crippen LogP contribution >= 0.6 is 0 Å². The molecule has 0 spiro atoms. The smallest absolute Gasteiger partial charge is 0.251 e. The number of piperidine rings is 1. The van der Waals surface area contributed by atoms with Gasteiger partial charge in [0.2, 0.25) is 0 Å². The standard InChI is InChI=1S/C21H35N5O/c1-17-8-6-10-19(16-17)20(27)23-12-13-25-21(22-3)24-11-7-15-26-14-5-4-9-18(26)2/h6,8,10,16,18H,4-5,7,9,11-15H2,1-3H3,(H,23,27)(H2,22,24,25). The van der Waals surface area contributed by atoms with Crippen molar-refractivity contribution < 1.29 is 4.79 Å². The normalized spacial score (nSPS) is 18.2. The Kier molecular flexibility index (Phi) is 9.11. The zero-order chi connectivity index (χ0) is 19.5. The molecule has 0 saturated carbocycles. The summed E-state index contributed by atoms with van der Waals surface area (Å²) in [4.78, 5) is 18.9. The van der Waals surface area contributed by atoms with E-state index in [1.165, 1.54) is 25.8 Å². The van der Waals surface area contributed by atoms with Gasteiger partial charge in [0.25, 0.3) is 5.91 Å². The molecular formula is C21H35N5O. The van der Waals surface area contributed by atoms with Crippen LogP contribution in [0.2, 0.25) is 0 Å². The lowest BCUT2D eigenvalue weighted by atomic mass is 10.0. The number of carbonyl (C=O) groups is 1. The third-order valence-corrected chi connectivity index (χ3v) is 5.06. The summed E-state index contributed by atoms with van der Waals surface area (Å²) in [6.45, 7) is 8.78. The Morgan fingerprint density at radius 1 is 1.19 bits per heavy atom. The van der Waals surface area contributed by atoms with Gasteiger partial charge in [-0.3, -0.25) is 9.79 Å². The number of hydrogen-bond donors (Lipinski definition) is 3. The number of likely N-dealkylation sites (tertiary alicyclic amines) is 1. The lowest BCUT2D eigenvalue weighted by Gasteiger charge is -2.33. The van der Waals surface area contributed by atoms with Crippen molar-refractivity contribution in [3.63, 3.8) is 0 Å². The largest absolute Gasteiger partial charge is 0.356 e. The van der Waals surface area contributed by atoms with Crippen molar-refractivity contribution in [2.24, 2.45) is 4.99 Å². The minimum Gasteiger partial charge on any atom is -0.356 e. The highest BCUT2D eigenvalue weighted by Gasteiger charge is 2.17. The number of nitrogens with zero attached hydrogens (tertiary/aromatic N) is 2. The van der Waals surface area contributed by atoms with Crippen LogP contribution in [0, 0.1) is 6.92 Å². The van der Waals surface area contributed by atoms with E-state index in [1.54, 1.807) is 7.05 Å². The highest BCUT2D eigenvalue weighted by atomic mass is 16.1. The Labute approximate surface area is 163 Å². The Morgan fingerprint density at radius 3 is 2.70 bits per heavy atom. The summed E-state index contributed by atoms with van der Waals surface area (Å²) in [7, 11) is 1.77. The molecule has 1 amide bonds. The Hall–Kier alpha value is -2.08. The van der Waals surface area contributed by atoms with Gasteiger partial charge in [-0.25, -0.2) is 0 Å². The first-order chi connectivity index (χ1) is 13.1. The predicted molar refractivity (Wildman–Crippen MR) is 112 cm³/mol. The van der Waals surface area contributed by atoms with Crippen LogP contribution in [0.3, 0.4) is 0 Å². The summed E-state index contributed by atoms with van der Waals surface area (Å²) in [5.74, 6) is 0.741. The summed E-state index contributed by atoms with van der Waals surface area (Å²) < 4.78 is 0. The van der Waals surface area contributed by atoms with Crippen LogP contribution in [0.4, 0.5) is 0 Å². The zero-order valence-corrected chi connectivity index (χ0v) is 17.1. The summed E-state index contributed by atoms with van der Waals surface area (Å²) in [5, 5.41) is 9.53. The maximum Gasteiger partial charge on any atom is 0.251 e. The Bertz CT molecular complexity index is 616. The maximum atomic E-state index is 12.1. The summed E-state index contributed by atoms with van der Waals surface area (Å²) >= 11 is 0. The number of benzene rings is 1. The molecule has 0 aromatic heterocycles. The average Bonchev–Trinajstić information content (AvgIpc) is 2.67. The first-order valence-electron chi connectivity index (χ1n) is 10.1. The predicted octanol–water partition coefficient (Wildman–Crippen LogP) is 2.15. The lowest BCUT2D eigenvalue weighted by Crippen LogP contribution is -2.43. The second kappa shape index (κ2) is 11.6. The molecule has 2 rings (SSSR count). The number of aryl methyl sites for hydroxylation is 1. The van der Waals surface area contributed by atoms with Gasteiger partial charge < -0.3 is 20.9 Å². The minimum absolute atomic E-state index is 0.0425. The molecule has 1 aromatic carbocycles. The molecule has 0 aliphatic carbocycles. The molecule has 6 nitrogen and oxygen atoms in total. The SMILES string of the molecule is CN=C(NCCCN1CCCCC1C)NCCNC(=O)c1cccc(C)c1. The van der Waals surface area contributed by atoms with Gasteiger partial charge in [-0.05, 0) is 51.8 Å². The van der Waals surface area contributed by atoms with Gasteiger partial charge in [0.1, 0.15) is 0 Å². The van der Waals surface area contributed by atoms with Gasteiger partial charge in [0.05, 0.1) is 0 Å². The van der Waals surface area contributed by atoms with Crippen molar-refractivity contribution in [1.82, 2.24) is 20.9 Å². The molecule has 1 aromatic rings. The molecule has 0 bridgehead atoms. The fourth-order valence-electron chi connectivity index (χ4n) is 3.44. The second-order valence-electron chi connectivity index (χ2n) is 7.29. The summed E-state index contributed by atoms with van der Waals surface area (Å²) in [5.41, 5.74) is 1.79. The van der Waals surface area contributed by atoms with Crippen LogP contribution in [0.5, 0.6) is 0 Å². The molecule has 3 N–H and O–H groups in total. The molecule has 0 radical (unpaired) electrons. The zero-order valence-electron chi connectivity index (χ0n) is 17.1. The summed E-state index contributed by atoms with van der Waals surface area (Å²) in [6, 6.07) is 8.33. The quantitative estimate of drug-likeness (QED) is 0.371. The number of guanidine groups is 1. The van der Waals surface area contributed by atoms with Gasteiger partial charge in [-0.15, -0.1) is 0 Å². The van der Waals surface area contributed by atoms with Crippen LogP contribution < -0.4 is 16.0 Å². The lowest BCUT2D eigenvalue weighted by molar-refractivity contribution is 0.0954.